The van der Waals surface area contributed by atoms with E-state index in [2.05, 4.69) is 24.0 Å². The van der Waals surface area contributed by atoms with E-state index in [9.17, 15) is 0 Å². The molecule has 2 nitrogen and oxygen atoms in total. The molecule has 2 N–H and O–H groups in total. The van der Waals surface area contributed by atoms with Crippen LogP contribution in [0.5, 0.6) is 0 Å². The van der Waals surface area contributed by atoms with Crippen LogP contribution in [0.25, 0.3) is 0 Å². The maximum atomic E-state index is 5.79. The Balaban J connectivity index is 2.17. The average molecular weight is 244 g/mol. The van der Waals surface area contributed by atoms with Gasteiger partial charge in [0.1, 0.15) is 5.03 Å². The summed E-state index contributed by atoms with van der Waals surface area (Å²) in [6.45, 7) is 4.07. The van der Waals surface area contributed by atoms with Gasteiger partial charge in [-0.15, -0.1) is 0 Å². The quantitative estimate of drug-likeness (QED) is 0.897. The van der Waals surface area contributed by atoms with E-state index in [-0.39, 0.29) is 6.04 Å². The van der Waals surface area contributed by atoms with Crippen molar-refractivity contribution in [1.29, 1.82) is 0 Å². The summed E-state index contributed by atoms with van der Waals surface area (Å²) in [6, 6.07) is 12.4. The maximum Gasteiger partial charge on any atom is 0.101 e. The summed E-state index contributed by atoms with van der Waals surface area (Å²) in [5.74, 6) is 0. The minimum Gasteiger partial charge on any atom is -0.324 e. The second-order valence-electron chi connectivity index (χ2n) is 4.09. The fourth-order valence-electron chi connectivity index (χ4n) is 1.51. The highest BCUT2D eigenvalue weighted by molar-refractivity contribution is 7.99. The molecule has 88 valence electrons. The van der Waals surface area contributed by atoms with Gasteiger partial charge in [0.15, 0.2) is 0 Å². The zero-order valence-corrected chi connectivity index (χ0v) is 10.9. The van der Waals surface area contributed by atoms with Gasteiger partial charge in [0.05, 0.1) is 0 Å². The molecule has 1 aromatic carbocycles. The number of rotatable bonds is 3. The molecule has 0 bridgehead atoms. The first kappa shape index (κ1) is 12.1. The molecular formula is C14H16N2S. The van der Waals surface area contributed by atoms with Gasteiger partial charge in [-0.05, 0) is 37.1 Å². The molecule has 0 aliphatic carbocycles. The fraction of sp³-hybridized carbons (Fsp3) is 0.214. The fourth-order valence-corrected chi connectivity index (χ4v) is 2.35. The smallest absolute Gasteiger partial charge is 0.101 e. The number of nitrogens with two attached hydrogens (primary N) is 1. The molecule has 0 radical (unpaired) electrons. The van der Waals surface area contributed by atoms with Gasteiger partial charge in [0, 0.05) is 17.1 Å². The van der Waals surface area contributed by atoms with Crippen molar-refractivity contribution < 1.29 is 0 Å². The summed E-state index contributed by atoms with van der Waals surface area (Å²) in [4.78, 5) is 5.66. The van der Waals surface area contributed by atoms with Crippen molar-refractivity contribution in [2.45, 2.75) is 29.8 Å². The number of nitrogens with zero attached hydrogens (tertiary/aromatic N) is 1. The zero-order valence-electron chi connectivity index (χ0n) is 10.1. The van der Waals surface area contributed by atoms with E-state index in [1.165, 1.54) is 10.5 Å². The molecule has 0 aliphatic rings. The molecule has 0 fully saturated rings. The Morgan fingerprint density at radius 3 is 2.53 bits per heavy atom. The molecule has 0 amide bonds. The molecule has 1 atom stereocenters. The monoisotopic (exact) mass is 244 g/mol. The highest BCUT2D eigenvalue weighted by atomic mass is 32.2. The van der Waals surface area contributed by atoms with Gasteiger partial charge in [-0.3, -0.25) is 0 Å². The van der Waals surface area contributed by atoms with Crippen molar-refractivity contribution in [2.75, 3.05) is 0 Å². The number of pyridine rings is 1. The first-order valence-electron chi connectivity index (χ1n) is 5.62. The van der Waals surface area contributed by atoms with E-state index in [4.69, 9.17) is 5.73 Å². The Bertz CT molecular complexity index is 492. The first-order valence-corrected chi connectivity index (χ1v) is 6.43. The van der Waals surface area contributed by atoms with Crippen LogP contribution in [0, 0.1) is 6.92 Å². The lowest BCUT2D eigenvalue weighted by molar-refractivity contribution is 0.806. The molecule has 1 unspecified atom stereocenters. The lowest BCUT2D eigenvalue weighted by atomic mass is 10.2. The first-order chi connectivity index (χ1) is 8.16. The van der Waals surface area contributed by atoms with E-state index >= 15 is 0 Å². The molecule has 0 saturated carbocycles. The standard InChI is InChI=1S/C14H16N2S/c1-10-5-3-4-6-13(10)17-14-8-7-12(9-16-14)11(2)15/h3-9,11H,15H2,1-2H3. The van der Waals surface area contributed by atoms with E-state index < -0.39 is 0 Å². The van der Waals surface area contributed by atoms with Crippen LogP contribution in [-0.2, 0) is 0 Å². The molecule has 17 heavy (non-hydrogen) atoms. The van der Waals surface area contributed by atoms with E-state index in [1.54, 1.807) is 11.8 Å². The van der Waals surface area contributed by atoms with Crippen molar-refractivity contribution in [3.05, 3.63) is 53.7 Å². The Hall–Kier alpha value is -1.32. The van der Waals surface area contributed by atoms with Crippen LogP contribution >= 0.6 is 11.8 Å². The molecule has 0 aliphatic heterocycles. The summed E-state index contributed by atoms with van der Waals surface area (Å²) in [7, 11) is 0. The largest absolute Gasteiger partial charge is 0.324 e. The number of hydrogen-bond donors (Lipinski definition) is 1. The van der Waals surface area contributed by atoms with Crippen molar-refractivity contribution in [3.63, 3.8) is 0 Å². The maximum absolute atomic E-state index is 5.79. The molecule has 0 spiro atoms. The Kier molecular flexibility index (Phi) is 3.82. The van der Waals surface area contributed by atoms with Crippen LogP contribution in [0.2, 0.25) is 0 Å². The Morgan fingerprint density at radius 1 is 1.18 bits per heavy atom. The molecule has 1 heterocycles. The Morgan fingerprint density at radius 2 is 1.94 bits per heavy atom. The lowest BCUT2D eigenvalue weighted by Crippen LogP contribution is -2.04. The van der Waals surface area contributed by atoms with Crippen LogP contribution < -0.4 is 5.73 Å². The van der Waals surface area contributed by atoms with Gasteiger partial charge < -0.3 is 5.73 Å². The summed E-state index contributed by atoms with van der Waals surface area (Å²) in [5.41, 5.74) is 8.14. The van der Waals surface area contributed by atoms with E-state index in [0.29, 0.717) is 0 Å². The van der Waals surface area contributed by atoms with Crippen molar-refractivity contribution >= 4 is 11.8 Å². The van der Waals surface area contributed by atoms with Gasteiger partial charge in [-0.1, -0.05) is 36.0 Å². The third-order valence-corrected chi connectivity index (χ3v) is 3.72. The van der Waals surface area contributed by atoms with Crippen LogP contribution in [0.15, 0.2) is 52.5 Å². The highest BCUT2D eigenvalue weighted by Gasteiger charge is 2.03. The molecule has 0 saturated heterocycles. The lowest BCUT2D eigenvalue weighted by Gasteiger charge is -2.07. The zero-order chi connectivity index (χ0) is 12.3. The third kappa shape index (κ3) is 3.08. The van der Waals surface area contributed by atoms with Gasteiger partial charge in [-0.25, -0.2) is 4.98 Å². The second kappa shape index (κ2) is 5.34. The van der Waals surface area contributed by atoms with Crippen molar-refractivity contribution in [2.24, 2.45) is 5.73 Å². The predicted molar refractivity (Wildman–Crippen MR) is 72.1 cm³/mol. The minimum absolute atomic E-state index is 0.0417. The average Bonchev–Trinajstić information content (AvgIpc) is 2.33. The van der Waals surface area contributed by atoms with Crippen molar-refractivity contribution in [3.8, 4) is 0 Å². The van der Waals surface area contributed by atoms with Gasteiger partial charge in [0.25, 0.3) is 0 Å². The number of benzene rings is 1. The minimum atomic E-state index is 0.0417. The summed E-state index contributed by atoms with van der Waals surface area (Å²) < 4.78 is 0. The van der Waals surface area contributed by atoms with Crippen LogP contribution in [0.3, 0.4) is 0 Å². The summed E-state index contributed by atoms with van der Waals surface area (Å²) >= 11 is 1.68. The summed E-state index contributed by atoms with van der Waals surface area (Å²) in [5, 5.41) is 1.00. The SMILES string of the molecule is Cc1ccccc1Sc1ccc(C(C)N)cn1. The van der Waals surface area contributed by atoms with Crippen molar-refractivity contribution in [1.82, 2.24) is 4.98 Å². The van der Waals surface area contributed by atoms with Gasteiger partial charge in [-0.2, -0.15) is 0 Å². The summed E-state index contributed by atoms with van der Waals surface area (Å²) in [6.07, 6.45) is 1.85. The molecule has 1 aromatic heterocycles. The third-order valence-electron chi connectivity index (χ3n) is 2.59. The predicted octanol–water partition coefficient (Wildman–Crippen LogP) is 3.56. The molecule has 3 heteroatoms. The van der Waals surface area contributed by atoms with E-state index in [1.807, 2.05) is 37.4 Å². The number of aromatic nitrogens is 1. The Labute approximate surface area is 106 Å². The highest BCUT2D eigenvalue weighted by Crippen LogP contribution is 2.28. The second-order valence-corrected chi connectivity index (χ2v) is 5.15. The molecular weight excluding hydrogens is 228 g/mol. The number of aryl methyl sites for hydroxylation is 1. The molecule has 2 aromatic rings. The number of hydrogen-bond acceptors (Lipinski definition) is 3. The topological polar surface area (TPSA) is 38.9 Å². The van der Waals surface area contributed by atoms with Crippen LogP contribution in [0.1, 0.15) is 24.1 Å². The van der Waals surface area contributed by atoms with Crippen LogP contribution in [-0.4, -0.2) is 4.98 Å². The van der Waals surface area contributed by atoms with E-state index in [0.717, 1.165) is 10.6 Å². The van der Waals surface area contributed by atoms with Gasteiger partial charge in [0.2, 0.25) is 0 Å². The van der Waals surface area contributed by atoms with Gasteiger partial charge >= 0.3 is 0 Å². The van der Waals surface area contributed by atoms with Crippen LogP contribution in [0.4, 0.5) is 0 Å². The normalized spacial score (nSPS) is 12.4. The molecule has 2 rings (SSSR count).